The lowest BCUT2D eigenvalue weighted by Gasteiger charge is -2.29. The minimum absolute atomic E-state index is 0.114. The van der Waals surface area contributed by atoms with E-state index in [-0.39, 0.29) is 17.8 Å². The van der Waals surface area contributed by atoms with Crippen molar-refractivity contribution in [2.75, 3.05) is 18.5 Å². The summed E-state index contributed by atoms with van der Waals surface area (Å²) in [6.07, 6.45) is 3.86. The van der Waals surface area contributed by atoms with Gasteiger partial charge in [-0.15, -0.1) is 0 Å². The van der Waals surface area contributed by atoms with Crippen molar-refractivity contribution < 1.29 is 14.4 Å². The number of hydrogen-bond donors (Lipinski definition) is 1. The number of carbonyl (C=O) groups excluding carboxylic acids is 2. The van der Waals surface area contributed by atoms with Gasteiger partial charge in [-0.3, -0.25) is 14.4 Å². The molecule has 1 aliphatic rings. The summed E-state index contributed by atoms with van der Waals surface area (Å²) < 4.78 is 1.84. The van der Waals surface area contributed by atoms with Gasteiger partial charge in [0.25, 0.3) is 5.91 Å². The van der Waals surface area contributed by atoms with Gasteiger partial charge in [-0.05, 0) is 20.3 Å². The van der Waals surface area contributed by atoms with E-state index < -0.39 is 5.97 Å². The van der Waals surface area contributed by atoms with E-state index in [1.54, 1.807) is 12.4 Å². The van der Waals surface area contributed by atoms with Crippen LogP contribution in [0.25, 0.3) is 0 Å². The molecule has 1 amide bonds. The van der Waals surface area contributed by atoms with Crippen LogP contribution in [0.3, 0.4) is 0 Å². The minimum Gasteiger partial charge on any atom is -0.371 e. The number of amides is 1. The smallest absolute Gasteiger partial charge is 0.329 e. The lowest BCUT2D eigenvalue weighted by Crippen LogP contribution is -2.40. The van der Waals surface area contributed by atoms with Gasteiger partial charge in [0, 0.05) is 44.2 Å². The Bertz CT molecular complexity index is 706. The summed E-state index contributed by atoms with van der Waals surface area (Å²) in [5.74, 6) is -0.844. The minimum atomic E-state index is -0.531. The molecular formula is C16H21N3O4. The summed E-state index contributed by atoms with van der Waals surface area (Å²) in [7, 11) is 1.48. The first-order valence-corrected chi connectivity index (χ1v) is 7.55. The number of nitrogens with one attached hydrogen (secondary N) is 1. The van der Waals surface area contributed by atoms with E-state index in [9.17, 15) is 14.4 Å². The number of carbonyl (C=O) groups is 2. The molecule has 0 saturated heterocycles. The van der Waals surface area contributed by atoms with Crippen molar-refractivity contribution in [3.05, 3.63) is 39.8 Å². The highest BCUT2D eigenvalue weighted by Gasteiger charge is 2.29. The van der Waals surface area contributed by atoms with Gasteiger partial charge in [-0.2, -0.15) is 5.48 Å². The molecule has 0 bridgehead atoms. The molecule has 0 fully saturated rings. The van der Waals surface area contributed by atoms with Crippen LogP contribution in [0.2, 0.25) is 0 Å². The third-order valence-electron chi connectivity index (χ3n) is 3.88. The lowest BCUT2D eigenvalue weighted by atomic mass is 9.97. The molecule has 0 spiro atoms. The Morgan fingerprint density at radius 2 is 2.13 bits per heavy atom. The van der Waals surface area contributed by atoms with Gasteiger partial charge in [0.1, 0.15) is 5.69 Å². The Kier molecular flexibility index (Phi) is 5.33. The highest BCUT2D eigenvalue weighted by Crippen LogP contribution is 2.25. The number of aromatic nitrogens is 1. The number of pyridine rings is 1. The predicted octanol–water partition coefficient (Wildman–Crippen LogP) is 0.989. The van der Waals surface area contributed by atoms with Crippen LogP contribution in [-0.2, 0) is 21.0 Å². The second-order valence-corrected chi connectivity index (χ2v) is 5.35. The molecule has 23 heavy (non-hydrogen) atoms. The maximum atomic E-state index is 12.7. The lowest BCUT2D eigenvalue weighted by molar-refractivity contribution is -0.149. The van der Waals surface area contributed by atoms with Gasteiger partial charge in [0.15, 0.2) is 0 Å². The third kappa shape index (κ3) is 3.68. The van der Waals surface area contributed by atoms with Crippen LogP contribution in [0.1, 0.15) is 26.7 Å². The fourth-order valence-corrected chi connectivity index (χ4v) is 2.54. The van der Waals surface area contributed by atoms with Crippen molar-refractivity contribution >= 4 is 17.6 Å². The predicted molar refractivity (Wildman–Crippen MR) is 85.8 cm³/mol. The van der Waals surface area contributed by atoms with Crippen LogP contribution >= 0.6 is 0 Å². The molecular weight excluding hydrogens is 298 g/mol. The van der Waals surface area contributed by atoms with Crippen LogP contribution in [-0.4, -0.2) is 30.0 Å². The first-order chi connectivity index (χ1) is 11.0. The molecule has 2 heterocycles. The standard InChI is InChI=1S/C16H21N3O4/c1-4-18-7-6-14(20)13(10-18)19-8-5-11(2)12(16(19)22)9-15(21)23-17-3/h6-7,10,17H,4-5,8-9H2,1-3H3. The Morgan fingerprint density at radius 1 is 1.39 bits per heavy atom. The fraction of sp³-hybridized carbons (Fsp3) is 0.438. The van der Waals surface area contributed by atoms with E-state index in [1.807, 2.05) is 18.4 Å². The van der Waals surface area contributed by atoms with E-state index in [4.69, 9.17) is 0 Å². The van der Waals surface area contributed by atoms with Crippen molar-refractivity contribution in [2.24, 2.45) is 0 Å². The summed E-state index contributed by atoms with van der Waals surface area (Å²) in [5, 5.41) is 0. The second-order valence-electron chi connectivity index (χ2n) is 5.35. The molecule has 0 saturated carbocycles. The SMILES string of the molecule is CCn1ccc(=O)c(N2CCC(C)=C(CC(=O)ONC)C2=O)c1. The molecule has 1 aromatic rings. The molecule has 7 nitrogen and oxygen atoms in total. The van der Waals surface area contributed by atoms with Crippen LogP contribution in [0.5, 0.6) is 0 Å². The molecule has 1 aliphatic heterocycles. The monoisotopic (exact) mass is 319 g/mol. The van der Waals surface area contributed by atoms with E-state index in [1.165, 1.54) is 18.0 Å². The van der Waals surface area contributed by atoms with Gasteiger partial charge in [-0.25, -0.2) is 0 Å². The van der Waals surface area contributed by atoms with E-state index in [0.717, 1.165) is 5.57 Å². The Hall–Kier alpha value is -2.41. The Morgan fingerprint density at radius 3 is 2.78 bits per heavy atom. The van der Waals surface area contributed by atoms with Gasteiger partial charge in [-0.1, -0.05) is 5.57 Å². The maximum Gasteiger partial charge on any atom is 0.329 e. The van der Waals surface area contributed by atoms with Crippen molar-refractivity contribution in [1.29, 1.82) is 0 Å². The number of anilines is 1. The molecule has 2 rings (SSSR count). The van der Waals surface area contributed by atoms with Gasteiger partial charge >= 0.3 is 5.97 Å². The van der Waals surface area contributed by atoms with Crippen LogP contribution in [0.4, 0.5) is 5.69 Å². The Balaban J connectivity index is 2.32. The van der Waals surface area contributed by atoms with Gasteiger partial charge < -0.3 is 14.3 Å². The first kappa shape index (κ1) is 17.0. The average Bonchev–Trinajstić information content (AvgIpc) is 2.53. The molecule has 1 aromatic heterocycles. The quantitative estimate of drug-likeness (QED) is 0.819. The topological polar surface area (TPSA) is 80.6 Å². The first-order valence-electron chi connectivity index (χ1n) is 7.55. The molecule has 0 radical (unpaired) electrons. The number of hydroxylamine groups is 1. The Labute approximate surface area is 134 Å². The third-order valence-corrected chi connectivity index (χ3v) is 3.88. The molecule has 124 valence electrons. The second kappa shape index (κ2) is 7.23. The molecule has 1 N–H and O–H groups in total. The number of nitrogens with zero attached hydrogens (tertiary/aromatic N) is 2. The van der Waals surface area contributed by atoms with Crippen molar-refractivity contribution in [3.63, 3.8) is 0 Å². The van der Waals surface area contributed by atoms with Crippen molar-refractivity contribution in [1.82, 2.24) is 10.0 Å². The average molecular weight is 319 g/mol. The fourth-order valence-electron chi connectivity index (χ4n) is 2.54. The normalized spacial score (nSPS) is 15.1. The summed E-state index contributed by atoms with van der Waals surface area (Å²) in [5.41, 5.74) is 3.68. The summed E-state index contributed by atoms with van der Waals surface area (Å²) in [6.45, 7) is 4.91. The highest BCUT2D eigenvalue weighted by atomic mass is 16.7. The molecule has 0 atom stereocenters. The van der Waals surface area contributed by atoms with Crippen LogP contribution in [0.15, 0.2) is 34.4 Å². The van der Waals surface area contributed by atoms with Crippen molar-refractivity contribution in [2.45, 2.75) is 33.2 Å². The van der Waals surface area contributed by atoms with Crippen LogP contribution < -0.4 is 15.8 Å². The van der Waals surface area contributed by atoms with E-state index in [0.29, 0.717) is 30.8 Å². The van der Waals surface area contributed by atoms with Gasteiger partial charge in [0.05, 0.1) is 6.42 Å². The van der Waals surface area contributed by atoms with E-state index >= 15 is 0 Å². The number of aryl methyl sites for hydroxylation is 1. The maximum absolute atomic E-state index is 12.7. The summed E-state index contributed by atoms with van der Waals surface area (Å²) in [6, 6.07) is 1.45. The molecule has 0 unspecified atom stereocenters. The molecule has 7 heteroatoms. The van der Waals surface area contributed by atoms with Crippen LogP contribution in [0, 0.1) is 0 Å². The van der Waals surface area contributed by atoms with Crippen molar-refractivity contribution in [3.8, 4) is 0 Å². The van der Waals surface area contributed by atoms with E-state index in [2.05, 4.69) is 10.3 Å². The van der Waals surface area contributed by atoms with Gasteiger partial charge in [0.2, 0.25) is 5.43 Å². The number of rotatable bonds is 5. The molecule has 0 aromatic carbocycles. The summed E-state index contributed by atoms with van der Waals surface area (Å²) >= 11 is 0. The largest absolute Gasteiger partial charge is 0.371 e. The zero-order valence-corrected chi connectivity index (χ0v) is 13.6. The molecule has 0 aliphatic carbocycles. The summed E-state index contributed by atoms with van der Waals surface area (Å²) in [4.78, 5) is 42.6. The highest BCUT2D eigenvalue weighted by molar-refractivity contribution is 6.09. The zero-order valence-electron chi connectivity index (χ0n) is 13.6. The zero-order chi connectivity index (χ0) is 17.0. The number of hydrogen-bond acceptors (Lipinski definition) is 5.